The van der Waals surface area contributed by atoms with Gasteiger partial charge in [0.1, 0.15) is 12.2 Å². The van der Waals surface area contributed by atoms with Gasteiger partial charge in [-0.1, -0.05) is 61.9 Å². The molecular weight excluding hydrogens is 532 g/mol. The van der Waals surface area contributed by atoms with Gasteiger partial charge in [0, 0.05) is 17.3 Å². The van der Waals surface area contributed by atoms with Gasteiger partial charge in [-0.05, 0) is 81.0 Å². The van der Waals surface area contributed by atoms with E-state index >= 15 is 0 Å². The molecule has 6 rings (SSSR count). The number of aliphatic hydroxyl groups is 3. The highest BCUT2D eigenvalue weighted by Gasteiger charge is 2.74. The second-order valence-corrected chi connectivity index (χ2v) is 13.4. The average molecular weight is 575 g/mol. The number of ether oxygens (including phenoxy) is 2. The van der Waals surface area contributed by atoms with Gasteiger partial charge in [0.05, 0.1) is 28.9 Å². The predicted molar refractivity (Wildman–Crippen MR) is 156 cm³/mol. The molecule has 3 N–H and O–H groups in total. The lowest BCUT2D eigenvalue weighted by Gasteiger charge is -2.64. The number of aliphatic hydroxyl groups excluding tert-OH is 2. The molecule has 10 unspecified atom stereocenters. The van der Waals surface area contributed by atoms with E-state index in [9.17, 15) is 24.9 Å². The Balaban J connectivity index is 1.40. The van der Waals surface area contributed by atoms with Crippen molar-refractivity contribution in [1.82, 2.24) is 0 Å². The minimum absolute atomic E-state index is 0.282. The number of benzene rings is 2. The number of esters is 2. The second kappa shape index (κ2) is 10.6. The van der Waals surface area contributed by atoms with Gasteiger partial charge in [0.15, 0.2) is 0 Å². The molecule has 2 aromatic carbocycles. The first kappa shape index (κ1) is 29.1. The summed E-state index contributed by atoms with van der Waals surface area (Å²) in [7, 11) is 0. The smallest absolute Gasteiger partial charge is 0.338 e. The number of rotatable bonds is 5. The third kappa shape index (κ3) is 4.35. The first-order valence-electron chi connectivity index (χ1n) is 15.3. The molecule has 10 atom stereocenters. The maximum Gasteiger partial charge on any atom is 0.338 e. The Bertz CT molecular complexity index is 1360. The molecular formula is C35H42O7. The maximum atomic E-state index is 13.6. The van der Waals surface area contributed by atoms with E-state index in [0.29, 0.717) is 49.7 Å². The molecule has 0 heterocycles. The summed E-state index contributed by atoms with van der Waals surface area (Å²) in [5, 5.41) is 35.6. The third-order valence-corrected chi connectivity index (χ3v) is 11.5. The van der Waals surface area contributed by atoms with Gasteiger partial charge >= 0.3 is 11.9 Å². The van der Waals surface area contributed by atoms with E-state index in [1.165, 1.54) is 0 Å². The highest BCUT2D eigenvalue weighted by molar-refractivity contribution is 5.90. The molecule has 0 bridgehead atoms. The lowest BCUT2D eigenvalue weighted by molar-refractivity contribution is -0.270. The van der Waals surface area contributed by atoms with Crippen LogP contribution in [0.1, 0.15) is 80.0 Å². The topological polar surface area (TPSA) is 113 Å². The van der Waals surface area contributed by atoms with Crippen LogP contribution in [0.5, 0.6) is 0 Å². The lowest BCUT2D eigenvalue weighted by Crippen LogP contribution is -2.72. The molecule has 0 amide bonds. The Hall–Kier alpha value is -3.00. The maximum absolute atomic E-state index is 13.6. The number of hydrogen-bond donors (Lipinski definition) is 3. The minimum atomic E-state index is -1.28. The Labute approximate surface area is 247 Å². The first-order chi connectivity index (χ1) is 20.0. The van der Waals surface area contributed by atoms with Crippen molar-refractivity contribution in [3.63, 3.8) is 0 Å². The van der Waals surface area contributed by atoms with Crippen LogP contribution >= 0.6 is 0 Å². The molecule has 4 aliphatic carbocycles. The van der Waals surface area contributed by atoms with Crippen molar-refractivity contribution in [2.45, 2.75) is 89.3 Å². The van der Waals surface area contributed by atoms with Crippen LogP contribution in [0.3, 0.4) is 0 Å². The van der Waals surface area contributed by atoms with Gasteiger partial charge in [-0.25, -0.2) is 9.59 Å². The van der Waals surface area contributed by atoms with Crippen LogP contribution in [0.4, 0.5) is 0 Å². The Kier molecular flexibility index (Phi) is 7.35. The van der Waals surface area contributed by atoms with E-state index < -0.39 is 52.8 Å². The molecule has 0 aliphatic heterocycles. The van der Waals surface area contributed by atoms with Gasteiger partial charge in [-0.2, -0.15) is 0 Å². The molecule has 0 radical (unpaired) electrons. The Morgan fingerprint density at radius 2 is 1.52 bits per heavy atom. The quantitative estimate of drug-likeness (QED) is 0.337. The Morgan fingerprint density at radius 3 is 2.17 bits per heavy atom. The first-order valence-corrected chi connectivity index (χ1v) is 15.3. The molecule has 3 saturated carbocycles. The van der Waals surface area contributed by atoms with Crippen molar-refractivity contribution in [1.29, 1.82) is 0 Å². The van der Waals surface area contributed by atoms with Gasteiger partial charge in [-0.15, -0.1) is 0 Å². The van der Waals surface area contributed by atoms with Gasteiger partial charge in [-0.3, -0.25) is 0 Å². The van der Waals surface area contributed by atoms with E-state index in [1.807, 2.05) is 26.0 Å². The zero-order chi connectivity index (χ0) is 29.9. The fraction of sp³-hybridized carbons (Fsp3) is 0.543. The van der Waals surface area contributed by atoms with Crippen molar-refractivity contribution in [3.8, 4) is 0 Å². The summed E-state index contributed by atoms with van der Waals surface area (Å²) in [4.78, 5) is 26.6. The highest BCUT2D eigenvalue weighted by atomic mass is 16.6. The molecule has 2 aromatic rings. The molecule has 0 spiro atoms. The van der Waals surface area contributed by atoms with E-state index in [2.05, 4.69) is 13.0 Å². The monoisotopic (exact) mass is 574 g/mol. The largest absolute Gasteiger partial charge is 0.459 e. The van der Waals surface area contributed by atoms with Gasteiger partial charge in [0.25, 0.3) is 0 Å². The zero-order valence-electron chi connectivity index (χ0n) is 24.6. The lowest BCUT2D eigenvalue weighted by atomic mass is 9.44. The standard InChI is InChI=1S/C35H42O7/c1-21(41-31(38)22-10-6-4-7-11-22)26-17-19-35(40)27-15-14-24-20-25(36)16-18-33(24,2)28(27)29(37)30(34(26,35)3)42-32(39)23-12-8-5-9-13-23/h4-14,21,25-30,36-37,40H,15-20H2,1-3H3. The number of hydrogen-bond acceptors (Lipinski definition) is 7. The van der Waals surface area contributed by atoms with Crippen LogP contribution in [-0.2, 0) is 9.47 Å². The van der Waals surface area contributed by atoms with E-state index in [-0.39, 0.29) is 17.8 Å². The van der Waals surface area contributed by atoms with Gasteiger partial charge in [0.2, 0.25) is 0 Å². The summed E-state index contributed by atoms with van der Waals surface area (Å²) >= 11 is 0. The fourth-order valence-corrected chi connectivity index (χ4v) is 9.30. The molecule has 7 nitrogen and oxygen atoms in total. The highest BCUT2D eigenvalue weighted by Crippen LogP contribution is 2.69. The normalized spacial score (nSPS) is 39.6. The van der Waals surface area contributed by atoms with Crippen molar-refractivity contribution < 1.29 is 34.4 Å². The number of fused-ring (bicyclic) bond motifs is 5. The van der Waals surface area contributed by atoms with Gasteiger partial charge < -0.3 is 24.8 Å². The second-order valence-electron chi connectivity index (χ2n) is 13.4. The summed E-state index contributed by atoms with van der Waals surface area (Å²) in [5.74, 6) is -2.02. The van der Waals surface area contributed by atoms with Crippen molar-refractivity contribution in [3.05, 3.63) is 83.4 Å². The SMILES string of the molecule is CC(OC(=O)c1ccccc1)C1CCC2(O)C3CC=C4CC(O)CCC4(C)C3C(O)C(OC(=O)c3ccccc3)C12C. The van der Waals surface area contributed by atoms with E-state index in [1.54, 1.807) is 48.5 Å². The fourth-order valence-electron chi connectivity index (χ4n) is 9.30. The minimum Gasteiger partial charge on any atom is -0.459 e. The molecule has 224 valence electrons. The number of allylic oxidation sites excluding steroid dienone is 1. The molecule has 0 aromatic heterocycles. The molecule has 42 heavy (non-hydrogen) atoms. The van der Waals surface area contributed by atoms with Crippen LogP contribution in [-0.4, -0.2) is 57.3 Å². The van der Waals surface area contributed by atoms with Crippen molar-refractivity contribution in [2.24, 2.45) is 28.6 Å². The van der Waals surface area contributed by atoms with Crippen LogP contribution in [0.25, 0.3) is 0 Å². The molecule has 0 saturated heterocycles. The summed E-state index contributed by atoms with van der Waals surface area (Å²) < 4.78 is 12.3. The number of carbonyl (C=O) groups excluding carboxylic acids is 2. The summed E-state index contributed by atoms with van der Waals surface area (Å²) in [6.07, 6.45) is 2.44. The summed E-state index contributed by atoms with van der Waals surface area (Å²) in [6.45, 7) is 5.87. The average Bonchev–Trinajstić information content (AvgIpc) is 3.27. The van der Waals surface area contributed by atoms with Crippen molar-refractivity contribution in [2.75, 3.05) is 0 Å². The molecule has 3 fully saturated rings. The molecule has 4 aliphatic rings. The van der Waals surface area contributed by atoms with Crippen molar-refractivity contribution >= 4 is 11.9 Å². The van der Waals surface area contributed by atoms with Crippen LogP contribution < -0.4 is 0 Å². The molecule has 7 heteroatoms. The number of carbonyl (C=O) groups is 2. The van der Waals surface area contributed by atoms with Crippen LogP contribution in [0.15, 0.2) is 72.3 Å². The van der Waals surface area contributed by atoms with E-state index in [0.717, 1.165) is 5.57 Å². The summed E-state index contributed by atoms with van der Waals surface area (Å²) in [6, 6.07) is 17.5. The predicted octanol–water partition coefficient (Wildman–Crippen LogP) is 5.09. The summed E-state index contributed by atoms with van der Waals surface area (Å²) in [5.41, 5.74) is -0.896. The zero-order valence-corrected chi connectivity index (χ0v) is 24.6. The van der Waals surface area contributed by atoms with Crippen LogP contribution in [0, 0.1) is 28.6 Å². The van der Waals surface area contributed by atoms with Crippen LogP contribution in [0.2, 0.25) is 0 Å². The third-order valence-electron chi connectivity index (χ3n) is 11.5. The Morgan fingerprint density at radius 1 is 0.905 bits per heavy atom. The van der Waals surface area contributed by atoms with E-state index in [4.69, 9.17) is 9.47 Å².